The normalized spacial score (nSPS) is 11.3. The molecule has 0 fully saturated rings. The summed E-state index contributed by atoms with van der Waals surface area (Å²) in [4.78, 5) is 3.88. The molecule has 0 bridgehead atoms. The summed E-state index contributed by atoms with van der Waals surface area (Å²) in [5, 5.41) is 0.450. The summed E-state index contributed by atoms with van der Waals surface area (Å²) in [6.07, 6.45) is 0. The summed E-state index contributed by atoms with van der Waals surface area (Å²) < 4.78 is 10.2. The van der Waals surface area contributed by atoms with E-state index in [4.69, 9.17) is 21.1 Å². The van der Waals surface area contributed by atoms with Gasteiger partial charge < -0.3 is 9.47 Å². The van der Waals surface area contributed by atoms with Gasteiger partial charge in [0.1, 0.15) is 5.17 Å². The third kappa shape index (κ3) is 2.17. The number of aliphatic imine (C=N–C) groups is 1. The van der Waals surface area contributed by atoms with Gasteiger partial charge in [0.2, 0.25) is 0 Å². The van der Waals surface area contributed by atoms with E-state index in [1.165, 1.54) is 0 Å². The molecule has 0 aliphatic rings. The average molecular weight is 214 g/mol. The van der Waals surface area contributed by atoms with Crippen LogP contribution in [0.3, 0.4) is 0 Å². The highest BCUT2D eigenvalue weighted by Crippen LogP contribution is 2.28. The maximum absolute atomic E-state index is 5.87. The maximum atomic E-state index is 5.87. The predicted molar refractivity (Wildman–Crippen MR) is 57.9 cm³/mol. The van der Waals surface area contributed by atoms with Gasteiger partial charge in [0.15, 0.2) is 11.5 Å². The van der Waals surface area contributed by atoms with Crippen LogP contribution in [0.4, 0.5) is 0 Å². The van der Waals surface area contributed by atoms with E-state index in [1.54, 1.807) is 33.4 Å². The molecule has 3 nitrogen and oxygen atoms in total. The van der Waals surface area contributed by atoms with Crippen molar-refractivity contribution < 1.29 is 9.47 Å². The maximum Gasteiger partial charge on any atom is 0.161 e. The SMILES string of the molecule is CN=C(Cl)c1ccc(OC)c(OC)c1. The summed E-state index contributed by atoms with van der Waals surface area (Å²) in [5.41, 5.74) is 0.812. The van der Waals surface area contributed by atoms with Gasteiger partial charge in [0.25, 0.3) is 0 Å². The molecule has 0 spiro atoms. The number of rotatable bonds is 3. The topological polar surface area (TPSA) is 30.8 Å². The molecule has 76 valence electrons. The van der Waals surface area contributed by atoms with E-state index in [0.717, 1.165) is 5.56 Å². The smallest absolute Gasteiger partial charge is 0.161 e. The minimum absolute atomic E-state index is 0.450. The molecule has 0 atom stereocenters. The second-order valence-electron chi connectivity index (χ2n) is 2.58. The van der Waals surface area contributed by atoms with Gasteiger partial charge in [-0.1, -0.05) is 11.6 Å². The van der Waals surface area contributed by atoms with Crippen LogP contribution < -0.4 is 9.47 Å². The number of hydrogen-bond acceptors (Lipinski definition) is 3. The minimum atomic E-state index is 0.450. The Hall–Kier alpha value is -1.22. The zero-order valence-electron chi connectivity index (χ0n) is 8.37. The van der Waals surface area contributed by atoms with Crippen LogP contribution in [0.2, 0.25) is 0 Å². The lowest BCUT2D eigenvalue weighted by molar-refractivity contribution is 0.355. The van der Waals surface area contributed by atoms with Gasteiger partial charge in [-0.2, -0.15) is 0 Å². The summed E-state index contributed by atoms with van der Waals surface area (Å²) in [7, 11) is 4.81. The number of halogens is 1. The van der Waals surface area contributed by atoms with Crippen molar-refractivity contribution >= 4 is 16.8 Å². The minimum Gasteiger partial charge on any atom is -0.493 e. The van der Waals surface area contributed by atoms with Crippen LogP contribution in [0, 0.1) is 0 Å². The van der Waals surface area contributed by atoms with E-state index >= 15 is 0 Å². The van der Waals surface area contributed by atoms with E-state index < -0.39 is 0 Å². The Morgan fingerprint density at radius 1 is 1.21 bits per heavy atom. The first kappa shape index (κ1) is 10.9. The van der Waals surface area contributed by atoms with Crippen molar-refractivity contribution in [1.29, 1.82) is 0 Å². The molecule has 1 rings (SSSR count). The second-order valence-corrected chi connectivity index (χ2v) is 2.94. The van der Waals surface area contributed by atoms with E-state index in [2.05, 4.69) is 4.99 Å². The molecule has 0 unspecified atom stereocenters. The highest BCUT2D eigenvalue weighted by atomic mass is 35.5. The molecule has 0 N–H and O–H groups in total. The molecular formula is C10H12ClNO2. The van der Waals surface area contributed by atoms with Gasteiger partial charge in [-0.3, -0.25) is 4.99 Å². The summed E-state index contributed by atoms with van der Waals surface area (Å²) >= 11 is 5.87. The van der Waals surface area contributed by atoms with Crippen molar-refractivity contribution in [2.75, 3.05) is 21.3 Å². The van der Waals surface area contributed by atoms with Crippen LogP contribution in [0.1, 0.15) is 5.56 Å². The predicted octanol–water partition coefficient (Wildman–Crippen LogP) is 2.32. The van der Waals surface area contributed by atoms with Crippen LogP contribution in [0.25, 0.3) is 0 Å². The molecule has 1 aromatic carbocycles. The first-order valence-corrected chi connectivity index (χ1v) is 4.45. The molecule has 0 saturated heterocycles. The zero-order chi connectivity index (χ0) is 10.6. The van der Waals surface area contributed by atoms with Crippen LogP contribution in [0.15, 0.2) is 23.2 Å². The first-order valence-electron chi connectivity index (χ1n) is 4.07. The highest BCUT2D eigenvalue weighted by Gasteiger charge is 2.06. The van der Waals surface area contributed by atoms with E-state index in [9.17, 15) is 0 Å². The molecular weight excluding hydrogens is 202 g/mol. The number of hydrogen-bond donors (Lipinski definition) is 0. The Morgan fingerprint density at radius 2 is 1.86 bits per heavy atom. The lowest BCUT2D eigenvalue weighted by atomic mass is 10.2. The molecule has 0 aromatic heterocycles. The standard InChI is InChI=1S/C10H12ClNO2/c1-12-10(11)7-4-5-8(13-2)9(6-7)14-3/h4-6H,1-3H3. The monoisotopic (exact) mass is 213 g/mol. The van der Waals surface area contributed by atoms with Crippen molar-refractivity contribution in [1.82, 2.24) is 0 Å². The molecule has 0 amide bonds. The molecule has 1 aromatic rings. The molecule has 14 heavy (non-hydrogen) atoms. The van der Waals surface area contributed by atoms with E-state index in [1.807, 2.05) is 6.07 Å². The van der Waals surface area contributed by atoms with Gasteiger partial charge in [0.05, 0.1) is 14.2 Å². The van der Waals surface area contributed by atoms with Gasteiger partial charge in [-0.15, -0.1) is 0 Å². The second kappa shape index (κ2) is 4.86. The lowest BCUT2D eigenvalue weighted by Gasteiger charge is -2.08. The molecule has 4 heteroatoms. The van der Waals surface area contributed by atoms with E-state index in [0.29, 0.717) is 16.7 Å². The molecule has 0 radical (unpaired) electrons. The number of methoxy groups -OCH3 is 2. The highest BCUT2D eigenvalue weighted by molar-refractivity contribution is 6.69. The Balaban J connectivity index is 3.14. The third-order valence-corrected chi connectivity index (χ3v) is 2.21. The van der Waals surface area contributed by atoms with Crippen molar-refractivity contribution in [3.05, 3.63) is 23.8 Å². The zero-order valence-corrected chi connectivity index (χ0v) is 9.13. The Labute approximate surface area is 88.3 Å². The number of benzene rings is 1. The van der Waals surface area contributed by atoms with Crippen molar-refractivity contribution in [2.45, 2.75) is 0 Å². The fourth-order valence-electron chi connectivity index (χ4n) is 1.09. The van der Waals surface area contributed by atoms with Crippen molar-refractivity contribution in [3.8, 4) is 11.5 Å². The number of nitrogens with zero attached hydrogens (tertiary/aromatic N) is 1. The summed E-state index contributed by atoms with van der Waals surface area (Å²) in [6.45, 7) is 0. The molecule has 0 aliphatic heterocycles. The fourth-order valence-corrected chi connectivity index (χ4v) is 1.21. The van der Waals surface area contributed by atoms with Crippen molar-refractivity contribution in [3.63, 3.8) is 0 Å². The average Bonchev–Trinajstić information content (AvgIpc) is 2.26. The molecule has 0 heterocycles. The number of ether oxygens (including phenoxy) is 2. The first-order chi connectivity index (χ1) is 6.72. The van der Waals surface area contributed by atoms with Crippen LogP contribution in [0.5, 0.6) is 11.5 Å². The van der Waals surface area contributed by atoms with Gasteiger partial charge in [-0.25, -0.2) is 0 Å². The summed E-state index contributed by atoms with van der Waals surface area (Å²) in [6, 6.07) is 5.41. The van der Waals surface area contributed by atoms with Gasteiger partial charge in [-0.05, 0) is 18.2 Å². The van der Waals surface area contributed by atoms with Crippen LogP contribution in [-0.4, -0.2) is 26.4 Å². The van der Waals surface area contributed by atoms with Crippen LogP contribution in [-0.2, 0) is 0 Å². The lowest BCUT2D eigenvalue weighted by Crippen LogP contribution is -1.95. The summed E-state index contributed by atoms with van der Waals surface area (Å²) in [5.74, 6) is 1.32. The van der Waals surface area contributed by atoms with Crippen molar-refractivity contribution in [2.24, 2.45) is 4.99 Å². The Morgan fingerprint density at radius 3 is 2.36 bits per heavy atom. The van der Waals surface area contributed by atoms with Crippen LogP contribution >= 0.6 is 11.6 Å². The molecule has 0 aliphatic carbocycles. The Kier molecular flexibility index (Phi) is 3.77. The quantitative estimate of drug-likeness (QED) is 0.722. The third-order valence-electron chi connectivity index (χ3n) is 1.82. The fraction of sp³-hybridized carbons (Fsp3) is 0.300. The molecule has 0 saturated carbocycles. The van der Waals surface area contributed by atoms with E-state index in [-0.39, 0.29) is 0 Å². The largest absolute Gasteiger partial charge is 0.493 e. The van der Waals surface area contributed by atoms with Gasteiger partial charge >= 0.3 is 0 Å². The Bertz CT molecular complexity index is 350. The van der Waals surface area contributed by atoms with Gasteiger partial charge in [0, 0.05) is 12.6 Å².